The van der Waals surface area contributed by atoms with Crippen LogP contribution in [0.15, 0.2) is 42.5 Å². The van der Waals surface area contributed by atoms with Crippen LogP contribution in [-0.4, -0.2) is 33.8 Å². The smallest absolute Gasteiger partial charge is 0.328 e. The number of carboxylic acids is 2. The highest BCUT2D eigenvalue weighted by atomic mass is 16.4. The Morgan fingerprint density at radius 1 is 1.16 bits per heavy atom. The molecule has 104 valence electrons. The second kappa shape index (κ2) is 9.77. The summed E-state index contributed by atoms with van der Waals surface area (Å²) in [5, 5.41) is 25.0. The molecule has 6 N–H and O–H groups in total. The van der Waals surface area contributed by atoms with E-state index in [-0.39, 0.29) is 0 Å². The van der Waals surface area contributed by atoms with E-state index in [9.17, 15) is 14.7 Å². The Balaban J connectivity index is 0.000000362. The minimum atomic E-state index is -1.26. The average molecular weight is 268 g/mol. The third kappa shape index (κ3) is 9.48. The van der Waals surface area contributed by atoms with Crippen molar-refractivity contribution in [3.8, 4) is 0 Å². The van der Waals surface area contributed by atoms with E-state index in [2.05, 4.69) is 5.43 Å². The summed E-state index contributed by atoms with van der Waals surface area (Å²) < 4.78 is 0. The number of aliphatic hydroxyl groups excluding tert-OH is 1. The lowest BCUT2D eigenvalue weighted by Gasteiger charge is -2.08. The number of aliphatic carboxylic acids is 2. The number of nitrogens with one attached hydrogen (secondary N) is 1. The van der Waals surface area contributed by atoms with Crippen LogP contribution in [-0.2, 0) is 9.59 Å². The zero-order valence-electron chi connectivity index (χ0n) is 10.1. The highest BCUT2D eigenvalue weighted by Gasteiger charge is 2.03. The van der Waals surface area contributed by atoms with Crippen LogP contribution in [0, 0.1) is 0 Å². The minimum Gasteiger partial charge on any atom is -0.478 e. The van der Waals surface area contributed by atoms with E-state index in [0.717, 1.165) is 5.56 Å². The fraction of sp³-hybridized carbons (Fsp3) is 0.167. The SMILES string of the molecule is NNCC(O)c1ccccc1.O=C(O)/C=C\C(=O)O. The van der Waals surface area contributed by atoms with E-state index in [0.29, 0.717) is 18.7 Å². The van der Waals surface area contributed by atoms with Crippen molar-refractivity contribution in [1.82, 2.24) is 5.43 Å². The fourth-order valence-corrected chi connectivity index (χ4v) is 1.05. The zero-order valence-corrected chi connectivity index (χ0v) is 10.1. The predicted molar refractivity (Wildman–Crippen MR) is 68.0 cm³/mol. The van der Waals surface area contributed by atoms with Gasteiger partial charge in [0.05, 0.1) is 6.10 Å². The van der Waals surface area contributed by atoms with Crippen molar-refractivity contribution in [3.05, 3.63) is 48.0 Å². The quantitative estimate of drug-likeness (QED) is 0.286. The second-order valence-corrected chi connectivity index (χ2v) is 3.34. The van der Waals surface area contributed by atoms with Crippen molar-refractivity contribution in [1.29, 1.82) is 0 Å². The zero-order chi connectivity index (χ0) is 14.7. The Morgan fingerprint density at radius 3 is 2.00 bits per heavy atom. The summed E-state index contributed by atoms with van der Waals surface area (Å²) in [6.45, 7) is 0.379. The summed E-state index contributed by atoms with van der Waals surface area (Å²) in [5.41, 5.74) is 3.30. The van der Waals surface area contributed by atoms with E-state index < -0.39 is 18.0 Å². The van der Waals surface area contributed by atoms with Crippen molar-refractivity contribution < 1.29 is 24.9 Å². The lowest BCUT2D eigenvalue weighted by atomic mass is 10.1. The van der Waals surface area contributed by atoms with Crippen molar-refractivity contribution in [2.24, 2.45) is 5.84 Å². The summed E-state index contributed by atoms with van der Waals surface area (Å²) in [7, 11) is 0. The number of aliphatic hydroxyl groups is 1. The molecule has 19 heavy (non-hydrogen) atoms. The first kappa shape index (κ1) is 16.8. The van der Waals surface area contributed by atoms with E-state index >= 15 is 0 Å². The van der Waals surface area contributed by atoms with Gasteiger partial charge in [-0.25, -0.2) is 9.59 Å². The molecular formula is C12H16N2O5. The summed E-state index contributed by atoms with van der Waals surface area (Å²) in [6.07, 6.45) is 0.603. The molecule has 0 fully saturated rings. The maximum Gasteiger partial charge on any atom is 0.328 e. The van der Waals surface area contributed by atoms with Gasteiger partial charge < -0.3 is 15.3 Å². The number of carbonyl (C=O) groups is 2. The first-order chi connectivity index (χ1) is 8.97. The van der Waals surface area contributed by atoms with Gasteiger partial charge in [0.25, 0.3) is 0 Å². The van der Waals surface area contributed by atoms with Crippen molar-refractivity contribution >= 4 is 11.9 Å². The normalized spacial score (nSPS) is 11.5. The maximum absolute atomic E-state index is 9.55. The first-order valence-corrected chi connectivity index (χ1v) is 5.27. The van der Waals surface area contributed by atoms with Crippen molar-refractivity contribution in [2.75, 3.05) is 6.54 Å². The van der Waals surface area contributed by atoms with Gasteiger partial charge in [-0.05, 0) is 5.56 Å². The number of carboxylic acid groups (broad SMARTS) is 2. The lowest BCUT2D eigenvalue weighted by molar-refractivity contribution is -0.134. The molecule has 7 heteroatoms. The molecule has 0 heterocycles. The molecular weight excluding hydrogens is 252 g/mol. The van der Waals surface area contributed by atoms with E-state index in [1.165, 1.54) is 0 Å². The molecule has 0 aliphatic carbocycles. The molecule has 0 radical (unpaired) electrons. The van der Waals surface area contributed by atoms with E-state index in [4.69, 9.17) is 16.1 Å². The molecule has 0 aliphatic heterocycles. The Bertz CT molecular complexity index is 403. The number of hydrogen-bond donors (Lipinski definition) is 5. The molecule has 0 saturated heterocycles. The highest BCUT2D eigenvalue weighted by Crippen LogP contribution is 2.09. The van der Waals surface area contributed by atoms with Crippen LogP contribution in [0.2, 0.25) is 0 Å². The molecule has 0 saturated carbocycles. The molecule has 1 unspecified atom stereocenters. The molecule has 0 amide bonds. The molecule has 7 nitrogen and oxygen atoms in total. The molecule has 0 aliphatic rings. The molecule has 0 aromatic heterocycles. The summed E-state index contributed by atoms with van der Waals surface area (Å²) in [4.78, 5) is 19.1. The first-order valence-electron chi connectivity index (χ1n) is 5.27. The highest BCUT2D eigenvalue weighted by molar-refractivity contribution is 5.89. The third-order valence-electron chi connectivity index (χ3n) is 1.86. The van der Waals surface area contributed by atoms with Gasteiger partial charge in [-0.1, -0.05) is 30.3 Å². The minimum absolute atomic E-state index is 0.379. The number of rotatable bonds is 5. The average Bonchev–Trinajstić information content (AvgIpc) is 2.38. The standard InChI is InChI=1S/C8H12N2O.C4H4O4/c9-10-6-8(11)7-4-2-1-3-5-7;5-3(6)1-2-4(7)8/h1-5,8,10-11H,6,9H2;1-2H,(H,5,6)(H,7,8)/b;2-1-. The van der Waals surface area contributed by atoms with Crippen LogP contribution in [0.5, 0.6) is 0 Å². The van der Waals surface area contributed by atoms with Crippen LogP contribution < -0.4 is 11.3 Å². The number of nitrogens with two attached hydrogens (primary N) is 1. The van der Waals surface area contributed by atoms with Gasteiger partial charge in [-0.2, -0.15) is 0 Å². The maximum atomic E-state index is 9.55. The number of hydrogen-bond acceptors (Lipinski definition) is 5. The molecule has 1 aromatic carbocycles. The van der Waals surface area contributed by atoms with Crippen LogP contribution in [0.25, 0.3) is 0 Å². The van der Waals surface area contributed by atoms with E-state index in [1.54, 1.807) is 0 Å². The molecule has 0 bridgehead atoms. The van der Waals surface area contributed by atoms with Gasteiger partial charge in [0.1, 0.15) is 0 Å². The molecule has 0 spiro atoms. The Hall–Kier alpha value is -2.22. The van der Waals surface area contributed by atoms with Crippen LogP contribution >= 0.6 is 0 Å². The predicted octanol–water partition coefficient (Wildman–Crippen LogP) is -0.105. The van der Waals surface area contributed by atoms with Gasteiger partial charge in [-0.3, -0.25) is 11.3 Å². The lowest BCUT2D eigenvalue weighted by Crippen LogP contribution is -2.27. The molecule has 1 atom stereocenters. The van der Waals surface area contributed by atoms with E-state index in [1.807, 2.05) is 30.3 Å². The number of benzene rings is 1. The van der Waals surface area contributed by atoms with Crippen molar-refractivity contribution in [2.45, 2.75) is 6.10 Å². The van der Waals surface area contributed by atoms with Crippen molar-refractivity contribution in [3.63, 3.8) is 0 Å². The topological polar surface area (TPSA) is 133 Å². The number of hydrazine groups is 1. The second-order valence-electron chi connectivity index (χ2n) is 3.34. The van der Waals surface area contributed by atoms with Gasteiger partial charge >= 0.3 is 11.9 Å². The summed E-state index contributed by atoms with van der Waals surface area (Å²) in [6, 6.07) is 9.40. The molecule has 1 rings (SSSR count). The summed E-state index contributed by atoms with van der Waals surface area (Å²) >= 11 is 0. The fourth-order valence-electron chi connectivity index (χ4n) is 1.05. The van der Waals surface area contributed by atoms with Gasteiger partial charge in [0, 0.05) is 18.7 Å². The van der Waals surface area contributed by atoms with Gasteiger partial charge in [0.15, 0.2) is 0 Å². The largest absolute Gasteiger partial charge is 0.478 e. The monoisotopic (exact) mass is 268 g/mol. The van der Waals surface area contributed by atoms with Crippen LogP contribution in [0.1, 0.15) is 11.7 Å². The molecule has 1 aromatic rings. The van der Waals surface area contributed by atoms with Gasteiger partial charge in [0.2, 0.25) is 0 Å². The Labute approximate surface area is 110 Å². The third-order valence-corrected chi connectivity index (χ3v) is 1.86. The van der Waals surface area contributed by atoms with Crippen LogP contribution in [0.4, 0.5) is 0 Å². The summed E-state index contributed by atoms with van der Waals surface area (Å²) in [5.74, 6) is 2.54. The Kier molecular flexibility index (Phi) is 8.63. The van der Waals surface area contributed by atoms with Gasteiger partial charge in [-0.15, -0.1) is 0 Å². The van der Waals surface area contributed by atoms with Crippen LogP contribution in [0.3, 0.4) is 0 Å². The Morgan fingerprint density at radius 2 is 1.63 bits per heavy atom.